The Kier molecular flexibility index (Phi) is 11.0. The number of amides is 2. The molecule has 44 heavy (non-hydrogen) atoms. The Morgan fingerprint density at radius 1 is 0.886 bits per heavy atom. The van der Waals surface area contributed by atoms with E-state index in [1.54, 1.807) is 4.90 Å². The van der Waals surface area contributed by atoms with Crippen molar-refractivity contribution in [3.63, 3.8) is 0 Å². The van der Waals surface area contributed by atoms with E-state index in [0.29, 0.717) is 32.2 Å². The molecule has 2 aliphatic heterocycles. The summed E-state index contributed by atoms with van der Waals surface area (Å²) < 4.78 is 6.11. The van der Waals surface area contributed by atoms with Crippen LogP contribution in [-0.4, -0.2) is 47.0 Å². The van der Waals surface area contributed by atoms with Gasteiger partial charge in [0.05, 0.1) is 31.0 Å². The molecule has 2 N–H and O–H groups in total. The maximum absolute atomic E-state index is 13.6. The monoisotopic (exact) mass is 594 g/mol. The molecule has 0 unspecified atom stereocenters. The van der Waals surface area contributed by atoms with Gasteiger partial charge < -0.3 is 20.1 Å². The van der Waals surface area contributed by atoms with Crippen molar-refractivity contribution < 1.29 is 24.2 Å². The maximum atomic E-state index is 13.6. The van der Waals surface area contributed by atoms with Gasteiger partial charge in [0.1, 0.15) is 6.10 Å². The minimum atomic E-state index is -0.655. The number of carbonyl (C=O) groups excluding carboxylic acids is 3. The minimum absolute atomic E-state index is 0.0315. The fraction of sp³-hybridized carbons (Fsp3) is 0.378. The summed E-state index contributed by atoms with van der Waals surface area (Å²) >= 11 is 0. The van der Waals surface area contributed by atoms with Crippen molar-refractivity contribution >= 4 is 17.8 Å². The fourth-order valence-corrected chi connectivity index (χ4v) is 6.19. The number of esters is 1. The second-order valence-corrected chi connectivity index (χ2v) is 11.8. The Morgan fingerprint density at radius 3 is 2.34 bits per heavy atom. The number of benzene rings is 3. The third kappa shape index (κ3) is 8.23. The molecule has 2 heterocycles. The third-order valence-corrected chi connectivity index (χ3v) is 8.74. The molecule has 0 saturated carbocycles. The molecule has 2 aliphatic rings. The zero-order chi connectivity index (χ0) is 30.7. The Hall–Kier alpha value is -4.23. The molecule has 0 aromatic heterocycles. The molecule has 0 fully saturated rings. The first kappa shape index (κ1) is 31.2. The van der Waals surface area contributed by atoms with Gasteiger partial charge in [0.15, 0.2) is 0 Å². The standard InChI is InChI=1S/C37H42N2O5/c40-26-33-22-29-17-11-12-20-32(29)25-39(33)35(41)23-30-18-7-1-2-8-19-31(21-27-13-5-3-6-14-27)37(43)44-34(24-38-36(30)42)28-15-9-4-10-16-28/h1,3-7,9-17,20,30-31,33-34,40H,2,8,18-19,21-26H2,(H,38,42)/t30-,31-,33+,34-/m1/s1. The lowest BCUT2D eigenvalue weighted by molar-refractivity contribution is -0.155. The summed E-state index contributed by atoms with van der Waals surface area (Å²) in [6, 6.07) is 27.1. The summed E-state index contributed by atoms with van der Waals surface area (Å²) in [6.45, 7) is 0.393. The molecular weight excluding hydrogens is 552 g/mol. The van der Waals surface area contributed by atoms with E-state index in [9.17, 15) is 19.5 Å². The number of nitrogens with zero attached hydrogens (tertiary/aromatic N) is 1. The summed E-state index contributed by atoms with van der Waals surface area (Å²) in [7, 11) is 0. The lowest BCUT2D eigenvalue weighted by Crippen LogP contribution is -2.47. The van der Waals surface area contributed by atoms with Gasteiger partial charge in [-0.3, -0.25) is 14.4 Å². The molecule has 0 spiro atoms. The van der Waals surface area contributed by atoms with Crippen LogP contribution in [0.25, 0.3) is 0 Å². The van der Waals surface area contributed by atoms with Crippen LogP contribution in [0, 0.1) is 11.8 Å². The Bertz CT molecular complexity index is 1420. The van der Waals surface area contributed by atoms with E-state index in [1.807, 2.05) is 97.1 Å². The average molecular weight is 595 g/mol. The van der Waals surface area contributed by atoms with Gasteiger partial charge in [-0.1, -0.05) is 97.1 Å². The predicted molar refractivity (Wildman–Crippen MR) is 169 cm³/mol. The molecule has 3 aromatic rings. The number of carbonyl (C=O) groups is 3. The normalized spacial score (nSPS) is 23.2. The number of fused-ring (bicyclic) bond motifs is 1. The number of rotatable bonds is 6. The lowest BCUT2D eigenvalue weighted by Gasteiger charge is -2.36. The van der Waals surface area contributed by atoms with E-state index in [1.165, 1.54) is 0 Å². The highest BCUT2D eigenvalue weighted by Gasteiger charge is 2.32. The van der Waals surface area contributed by atoms with Gasteiger partial charge in [-0.15, -0.1) is 0 Å². The van der Waals surface area contributed by atoms with Crippen LogP contribution in [-0.2, 0) is 38.5 Å². The van der Waals surface area contributed by atoms with Crippen molar-refractivity contribution in [2.24, 2.45) is 11.8 Å². The SMILES string of the molecule is O=C1NC[C@H](c2ccccc2)OC(=O)[C@@H](Cc2ccccc2)CCCC=CC[C@@H]1CC(=O)N1Cc2ccccc2C[C@H]1CO. The van der Waals surface area contributed by atoms with Crippen molar-refractivity contribution in [1.29, 1.82) is 0 Å². The van der Waals surface area contributed by atoms with Crippen LogP contribution in [0.5, 0.6) is 0 Å². The highest BCUT2D eigenvalue weighted by atomic mass is 16.5. The van der Waals surface area contributed by atoms with Crippen LogP contribution in [0.1, 0.15) is 60.5 Å². The summed E-state index contributed by atoms with van der Waals surface area (Å²) in [5, 5.41) is 13.1. The molecule has 5 rings (SSSR count). The van der Waals surface area contributed by atoms with E-state index in [2.05, 4.69) is 5.32 Å². The van der Waals surface area contributed by atoms with Crippen LogP contribution in [0.2, 0.25) is 0 Å². The summed E-state index contributed by atoms with van der Waals surface area (Å²) in [6.07, 6.45) is 7.27. The van der Waals surface area contributed by atoms with Crippen molar-refractivity contribution in [2.75, 3.05) is 13.2 Å². The zero-order valence-corrected chi connectivity index (χ0v) is 25.1. The first-order valence-electron chi connectivity index (χ1n) is 15.7. The molecule has 0 radical (unpaired) electrons. The summed E-state index contributed by atoms with van der Waals surface area (Å²) in [5.74, 6) is -1.56. The van der Waals surface area contributed by atoms with E-state index < -0.39 is 12.0 Å². The largest absolute Gasteiger partial charge is 0.455 e. The molecule has 0 bridgehead atoms. The number of ether oxygens (including phenoxy) is 1. The predicted octanol–water partition coefficient (Wildman–Crippen LogP) is 5.33. The van der Waals surface area contributed by atoms with Crippen molar-refractivity contribution in [3.8, 4) is 0 Å². The number of nitrogens with one attached hydrogen (secondary N) is 1. The van der Waals surface area contributed by atoms with Crippen molar-refractivity contribution in [3.05, 3.63) is 119 Å². The lowest BCUT2D eigenvalue weighted by atomic mass is 9.92. The van der Waals surface area contributed by atoms with Gasteiger partial charge in [-0.05, 0) is 60.8 Å². The Balaban J connectivity index is 1.32. The number of cyclic esters (lactones) is 1. The second kappa shape index (κ2) is 15.5. The molecule has 7 heteroatoms. The topological polar surface area (TPSA) is 95.9 Å². The molecule has 2 amide bonds. The van der Waals surface area contributed by atoms with E-state index in [4.69, 9.17) is 4.74 Å². The molecular formula is C37H42N2O5. The van der Waals surface area contributed by atoms with Crippen LogP contribution in [0.3, 0.4) is 0 Å². The van der Waals surface area contributed by atoms with Crippen LogP contribution < -0.4 is 5.32 Å². The van der Waals surface area contributed by atoms with Gasteiger partial charge in [0, 0.05) is 13.0 Å². The van der Waals surface area contributed by atoms with Crippen LogP contribution in [0.15, 0.2) is 97.1 Å². The number of allylic oxidation sites excluding steroid dienone is 2. The minimum Gasteiger partial charge on any atom is -0.455 e. The highest BCUT2D eigenvalue weighted by Crippen LogP contribution is 2.27. The van der Waals surface area contributed by atoms with Crippen LogP contribution in [0.4, 0.5) is 0 Å². The van der Waals surface area contributed by atoms with Gasteiger partial charge in [-0.2, -0.15) is 0 Å². The summed E-state index contributed by atoms with van der Waals surface area (Å²) in [5.41, 5.74) is 4.10. The van der Waals surface area contributed by atoms with Crippen LogP contribution >= 0.6 is 0 Å². The zero-order valence-electron chi connectivity index (χ0n) is 25.1. The van der Waals surface area contributed by atoms with Gasteiger partial charge in [-0.25, -0.2) is 0 Å². The molecule has 4 atom stereocenters. The molecule has 0 saturated heterocycles. The third-order valence-electron chi connectivity index (χ3n) is 8.74. The quantitative estimate of drug-likeness (QED) is 0.297. The first-order valence-corrected chi connectivity index (χ1v) is 15.7. The second-order valence-electron chi connectivity index (χ2n) is 11.8. The Morgan fingerprint density at radius 2 is 1.59 bits per heavy atom. The van der Waals surface area contributed by atoms with E-state index in [-0.39, 0.29) is 49.3 Å². The number of hydrogen-bond acceptors (Lipinski definition) is 5. The van der Waals surface area contributed by atoms with E-state index >= 15 is 0 Å². The van der Waals surface area contributed by atoms with E-state index in [0.717, 1.165) is 35.1 Å². The molecule has 230 valence electrons. The molecule has 7 nitrogen and oxygen atoms in total. The number of aliphatic hydroxyl groups is 1. The van der Waals surface area contributed by atoms with Gasteiger partial charge in [0.2, 0.25) is 11.8 Å². The fourth-order valence-electron chi connectivity index (χ4n) is 6.19. The van der Waals surface area contributed by atoms with Gasteiger partial charge >= 0.3 is 5.97 Å². The number of hydrogen-bond donors (Lipinski definition) is 2. The molecule has 0 aliphatic carbocycles. The van der Waals surface area contributed by atoms with Crippen molar-refractivity contribution in [1.82, 2.24) is 10.2 Å². The molecule has 3 aromatic carbocycles. The summed E-state index contributed by atoms with van der Waals surface area (Å²) in [4.78, 5) is 42.5. The average Bonchev–Trinajstić information content (AvgIpc) is 3.06. The highest BCUT2D eigenvalue weighted by molar-refractivity contribution is 5.86. The van der Waals surface area contributed by atoms with Crippen molar-refractivity contribution in [2.45, 2.75) is 63.6 Å². The van der Waals surface area contributed by atoms with Gasteiger partial charge in [0.25, 0.3) is 0 Å². The smallest absolute Gasteiger partial charge is 0.309 e. The maximum Gasteiger partial charge on any atom is 0.309 e. The first-order chi connectivity index (χ1) is 21.5. The Labute approximate surface area is 259 Å². The number of aliphatic hydroxyl groups excluding tert-OH is 1.